The maximum atomic E-state index is 12.3. The molecule has 0 aromatic heterocycles. The van der Waals surface area contributed by atoms with Crippen LogP contribution in [0.25, 0.3) is 0 Å². The molecule has 1 amide bonds. The fourth-order valence-corrected chi connectivity index (χ4v) is 3.43. The average molecular weight is 287 g/mol. The lowest BCUT2D eigenvalue weighted by atomic mass is 9.92. The molecular weight excluding hydrogens is 266 g/mol. The molecule has 112 valence electrons. The Bertz CT molecular complexity index is 593. The minimum atomic E-state index is -0.923. The van der Waals surface area contributed by atoms with Gasteiger partial charge in [0, 0.05) is 12.5 Å². The number of fused-ring (bicyclic) bond motifs is 3. The normalized spacial score (nSPS) is 26.5. The summed E-state index contributed by atoms with van der Waals surface area (Å²) in [6.07, 6.45) is 2.10. The lowest BCUT2D eigenvalue weighted by molar-refractivity contribution is -0.146. The molecule has 1 saturated carbocycles. The van der Waals surface area contributed by atoms with E-state index in [2.05, 4.69) is 17.4 Å². The number of hydrogen-bond donors (Lipinski definition) is 2. The Morgan fingerprint density at radius 1 is 1.33 bits per heavy atom. The first kappa shape index (κ1) is 14.1. The highest BCUT2D eigenvalue weighted by atomic mass is 16.4. The molecule has 4 heteroatoms. The molecule has 3 unspecified atom stereocenters. The molecule has 3 atom stereocenters. The number of amides is 1. The van der Waals surface area contributed by atoms with Crippen molar-refractivity contribution in [3.63, 3.8) is 0 Å². The van der Waals surface area contributed by atoms with Gasteiger partial charge in [-0.1, -0.05) is 24.3 Å². The third-order valence-corrected chi connectivity index (χ3v) is 4.92. The number of benzene rings is 1. The maximum absolute atomic E-state index is 12.3. The lowest BCUT2D eigenvalue weighted by Crippen LogP contribution is -2.39. The summed E-state index contributed by atoms with van der Waals surface area (Å²) in [7, 11) is 0. The molecular formula is C17H21NO3. The van der Waals surface area contributed by atoms with Crippen molar-refractivity contribution < 1.29 is 14.7 Å². The van der Waals surface area contributed by atoms with E-state index in [0.717, 1.165) is 12.8 Å². The first-order valence-electron chi connectivity index (χ1n) is 7.51. The van der Waals surface area contributed by atoms with Crippen molar-refractivity contribution in [2.24, 2.45) is 17.3 Å². The van der Waals surface area contributed by atoms with Gasteiger partial charge in [-0.2, -0.15) is 0 Å². The second kappa shape index (κ2) is 4.86. The highest BCUT2D eigenvalue weighted by molar-refractivity contribution is 5.85. The Hall–Kier alpha value is -1.84. The van der Waals surface area contributed by atoms with Crippen molar-refractivity contribution in [2.75, 3.05) is 6.54 Å². The first-order valence-corrected chi connectivity index (χ1v) is 7.51. The number of carboxylic acids is 1. The van der Waals surface area contributed by atoms with Gasteiger partial charge in [-0.05, 0) is 49.7 Å². The van der Waals surface area contributed by atoms with Crippen LogP contribution >= 0.6 is 0 Å². The molecule has 1 aromatic rings. The van der Waals surface area contributed by atoms with Crippen LogP contribution in [0, 0.1) is 17.3 Å². The Balaban J connectivity index is 1.66. The van der Waals surface area contributed by atoms with Crippen LogP contribution in [0.3, 0.4) is 0 Å². The summed E-state index contributed by atoms with van der Waals surface area (Å²) in [5.41, 5.74) is 1.75. The molecule has 2 N–H and O–H groups in total. The van der Waals surface area contributed by atoms with Gasteiger partial charge in [-0.25, -0.2) is 0 Å². The highest BCUT2D eigenvalue weighted by Crippen LogP contribution is 2.59. The third kappa shape index (κ3) is 2.43. The summed E-state index contributed by atoms with van der Waals surface area (Å²) in [6, 6.07) is 8.35. The number of carboxylic acid groups (broad SMARTS) is 1. The number of aliphatic carboxylic acids is 1. The van der Waals surface area contributed by atoms with Crippen LogP contribution in [0.1, 0.15) is 37.3 Å². The average Bonchev–Trinajstić information content (AvgIpc) is 3.19. The summed E-state index contributed by atoms with van der Waals surface area (Å²) in [5, 5.41) is 11.9. The smallest absolute Gasteiger partial charge is 0.310 e. The molecule has 0 spiro atoms. The van der Waals surface area contributed by atoms with Crippen LogP contribution in [0.2, 0.25) is 0 Å². The van der Waals surface area contributed by atoms with Gasteiger partial charge in [0.05, 0.1) is 5.41 Å². The van der Waals surface area contributed by atoms with E-state index in [-0.39, 0.29) is 18.4 Å². The number of nitrogens with one attached hydrogen (secondary N) is 1. The number of aryl methyl sites for hydroxylation is 1. The molecule has 0 radical (unpaired) electrons. The SMILES string of the molecule is CC(C)(CNC(=O)C1C2CCc3ccccc3C21)C(=O)O. The molecule has 4 nitrogen and oxygen atoms in total. The Morgan fingerprint density at radius 3 is 2.76 bits per heavy atom. The monoisotopic (exact) mass is 287 g/mol. The van der Waals surface area contributed by atoms with Crippen LogP contribution in [0.4, 0.5) is 0 Å². The van der Waals surface area contributed by atoms with Crippen molar-refractivity contribution in [2.45, 2.75) is 32.6 Å². The van der Waals surface area contributed by atoms with E-state index < -0.39 is 11.4 Å². The summed E-state index contributed by atoms with van der Waals surface area (Å²) < 4.78 is 0. The van der Waals surface area contributed by atoms with E-state index in [1.807, 2.05) is 12.1 Å². The Labute approximate surface area is 124 Å². The second-order valence-corrected chi connectivity index (χ2v) is 6.86. The van der Waals surface area contributed by atoms with E-state index in [9.17, 15) is 9.59 Å². The van der Waals surface area contributed by atoms with Crippen LogP contribution < -0.4 is 5.32 Å². The van der Waals surface area contributed by atoms with Crippen molar-refractivity contribution in [3.05, 3.63) is 35.4 Å². The van der Waals surface area contributed by atoms with Gasteiger partial charge in [0.2, 0.25) is 5.91 Å². The van der Waals surface area contributed by atoms with E-state index in [4.69, 9.17) is 5.11 Å². The number of rotatable bonds is 4. The van der Waals surface area contributed by atoms with Gasteiger partial charge in [-0.3, -0.25) is 9.59 Å². The largest absolute Gasteiger partial charge is 0.481 e. The van der Waals surface area contributed by atoms with Gasteiger partial charge in [0.1, 0.15) is 0 Å². The summed E-state index contributed by atoms with van der Waals surface area (Å²) in [6.45, 7) is 3.44. The fourth-order valence-electron chi connectivity index (χ4n) is 3.43. The van der Waals surface area contributed by atoms with Gasteiger partial charge in [0.15, 0.2) is 0 Å². The number of carbonyl (C=O) groups excluding carboxylic acids is 1. The van der Waals surface area contributed by atoms with E-state index in [1.54, 1.807) is 13.8 Å². The summed E-state index contributed by atoms with van der Waals surface area (Å²) in [5.74, 6) is -0.0774. The van der Waals surface area contributed by atoms with Crippen LogP contribution in [-0.2, 0) is 16.0 Å². The van der Waals surface area contributed by atoms with E-state index >= 15 is 0 Å². The molecule has 1 fully saturated rings. The zero-order valence-electron chi connectivity index (χ0n) is 12.4. The topological polar surface area (TPSA) is 66.4 Å². The minimum Gasteiger partial charge on any atom is -0.481 e. The molecule has 1 aromatic carbocycles. The first-order chi connectivity index (χ1) is 9.92. The third-order valence-electron chi connectivity index (χ3n) is 4.92. The van der Waals surface area contributed by atoms with E-state index in [0.29, 0.717) is 11.8 Å². The second-order valence-electron chi connectivity index (χ2n) is 6.86. The Morgan fingerprint density at radius 2 is 2.05 bits per heavy atom. The van der Waals surface area contributed by atoms with E-state index in [1.165, 1.54) is 11.1 Å². The molecule has 0 bridgehead atoms. The van der Waals surface area contributed by atoms with Crippen LogP contribution in [-0.4, -0.2) is 23.5 Å². The van der Waals surface area contributed by atoms with Crippen molar-refractivity contribution in [1.29, 1.82) is 0 Å². The molecule has 0 saturated heterocycles. The zero-order chi connectivity index (χ0) is 15.2. The van der Waals surface area contributed by atoms with Gasteiger partial charge >= 0.3 is 5.97 Å². The summed E-state index contributed by atoms with van der Waals surface area (Å²) >= 11 is 0. The highest BCUT2D eigenvalue weighted by Gasteiger charge is 2.57. The van der Waals surface area contributed by atoms with Crippen LogP contribution in [0.15, 0.2) is 24.3 Å². The molecule has 21 heavy (non-hydrogen) atoms. The quantitative estimate of drug-likeness (QED) is 0.892. The molecule has 0 aliphatic heterocycles. The Kier molecular flexibility index (Phi) is 3.27. The molecule has 2 aliphatic rings. The molecule has 3 rings (SSSR count). The van der Waals surface area contributed by atoms with Gasteiger partial charge in [-0.15, -0.1) is 0 Å². The number of hydrogen-bond acceptors (Lipinski definition) is 2. The predicted octanol–water partition coefficient (Wildman–Crippen LogP) is 2.19. The zero-order valence-corrected chi connectivity index (χ0v) is 12.4. The van der Waals surface area contributed by atoms with Gasteiger partial charge in [0.25, 0.3) is 0 Å². The maximum Gasteiger partial charge on any atom is 0.310 e. The minimum absolute atomic E-state index is 0.0102. The lowest BCUT2D eigenvalue weighted by Gasteiger charge is -2.19. The van der Waals surface area contributed by atoms with Crippen LogP contribution in [0.5, 0.6) is 0 Å². The van der Waals surface area contributed by atoms with Crippen molar-refractivity contribution in [3.8, 4) is 0 Å². The fraction of sp³-hybridized carbons (Fsp3) is 0.529. The standard InChI is InChI=1S/C17H21NO3/c1-17(2,16(20)21)9-18-15(19)14-12-8-7-10-5-3-4-6-11(10)13(12)14/h3-6,12-14H,7-9H2,1-2H3,(H,18,19)(H,20,21). The van der Waals surface area contributed by atoms with Gasteiger partial charge < -0.3 is 10.4 Å². The molecule has 0 heterocycles. The predicted molar refractivity (Wildman–Crippen MR) is 78.9 cm³/mol. The summed E-state index contributed by atoms with van der Waals surface area (Å²) in [4.78, 5) is 23.4. The molecule has 2 aliphatic carbocycles. The van der Waals surface area contributed by atoms with Crippen molar-refractivity contribution in [1.82, 2.24) is 5.32 Å². The van der Waals surface area contributed by atoms with Crippen molar-refractivity contribution >= 4 is 11.9 Å². The number of carbonyl (C=O) groups is 2.